The van der Waals surface area contributed by atoms with Crippen LogP contribution in [-0.2, 0) is 14.3 Å². The van der Waals surface area contributed by atoms with Gasteiger partial charge in [0.2, 0.25) is 5.91 Å². The summed E-state index contributed by atoms with van der Waals surface area (Å²) in [5, 5.41) is 8.90. The van der Waals surface area contributed by atoms with E-state index in [1.165, 1.54) is 0 Å². The minimum absolute atomic E-state index is 0.0132. The molecule has 0 saturated carbocycles. The quantitative estimate of drug-likeness (QED) is 0.732. The smallest absolute Gasteiger partial charge is 0.334 e. The zero-order valence-electron chi connectivity index (χ0n) is 11.7. The van der Waals surface area contributed by atoms with Crippen LogP contribution in [0.2, 0.25) is 0 Å². The molecule has 1 amide bonds. The van der Waals surface area contributed by atoms with Crippen molar-refractivity contribution in [2.24, 2.45) is 11.7 Å². The molecule has 0 radical (unpaired) electrons. The lowest BCUT2D eigenvalue weighted by molar-refractivity contribution is -0.160. The average molecular weight is 272 g/mol. The highest BCUT2D eigenvalue weighted by Crippen LogP contribution is 2.15. The van der Waals surface area contributed by atoms with Crippen LogP contribution in [0.1, 0.15) is 33.1 Å². The maximum absolute atomic E-state index is 12.2. The van der Waals surface area contributed by atoms with Gasteiger partial charge in [-0.25, -0.2) is 4.79 Å². The Morgan fingerprint density at radius 1 is 1.42 bits per heavy atom. The van der Waals surface area contributed by atoms with Gasteiger partial charge in [-0.1, -0.05) is 13.3 Å². The van der Waals surface area contributed by atoms with Gasteiger partial charge in [-0.3, -0.25) is 4.79 Å². The molecule has 110 valence electrons. The van der Waals surface area contributed by atoms with Crippen molar-refractivity contribution in [3.05, 3.63) is 0 Å². The van der Waals surface area contributed by atoms with E-state index in [4.69, 9.17) is 15.6 Å². The minimum atomic E-state index is -1.01. The number of morpholine rings is 1. The number of ether oxygens (including phenoxy) is 1. The second-order valence-electron chi connectivity index (χ2n) is 5.29. The van der Waals surface area contributed by atoms with Crippen molar-refractivity contribution in [3.8, 4) is 0 Å². The lowest BCUT2D eigenvalue weighted by Gasteiger charge is -2.32. The van der Waals surface area contributed by atoms with Crippen molar-refractivity contribution in [2.75, 3.05) is 19.7 Å². The first-order valence-electron chi connectivity index (χ1n) is 6.80. The maximum Gasteiger partial charge on any atom is 0.334 e. The van der Waals surface area contributed by atoms with Crippen molar-refractivity contribution >= 4 is 11.9 Å². The molecule has 6 nitrogen and oxygen atoms in total. The van der Waals surface area contributed by atoms with Crippen LogP contribution >= 0.6 is 0 Å². The third-order valence-electron chi connectivity index (χ3n) is 3.37. The van der Waals surface area contributed by atoms with E-state index in [-0.39, 0.29) is 31.0 Å². The number of nitrogens with zero attached hydrogens (tertiary/aromatic N) is 1. The number of carboxylic acids is 1. The first-order chi connectivity index (χ1) is 8.91. The van der Waals surface area contributed by atoms with Gasteiger partial charge >= 0.3 is 5.97 Å². The van der Waals surface area contributed by atoms with Crippen LogP contribution in [0.3, 0.4) is 0 Å². The second kappa shape index (κ2) is 7.45. The summed E-state index contributed by atoms with van der Waals surface area (Å²) in [4.78, 5) is 24.6. The molecule has 1 heterocycles. The van der Waals surface area contributed by atoms with Gasteiger partial charge in [-0.2, -0.15) is 0 Å². The van der Waals surface area contributed by atoms with Gasteiger partial charge in [-0.05, 0) is 19.8 Å². The van der Waals surface area contributed by atoms with E-state index in [1.807, 2.05) is 13.8 Å². The SMILES string of the molecule is CC(N)CCCC(C)C(=O)N1CCOC(C(=O)O)C1. The number of carboxylic acid groups (broad SMARTS) is 1. The molecule has 0 aromatic carbocycles. The summed E-state index contributed by atoms with van der Waals surface area (Å²) in [6.45, 7) is 4.74. The van der Waals surface area contributed by atoms with Gasteiger partial charge < -0.3 is 20.5 Å². The van der Waals surface area contributed by atoms with Crippen molar-refractivity contribution in [1.29, 1.82) is 0 Å². The molecule has 6 heteroatoms. The zero-order valence-corrected chi connectivity index (χ0v) is 11.7. The van der Waals surface area contributed by atoms with Gasteiger partial charge in [-0.15, -0.1) is 0 Å². The fourth-order valence-electron chi connectivity index (χ4n) is 2.18. The molecule has 3 unspecified atom stereocenters. The number of amides is 1. The van der Waals surface area contributed by atoms with E-state index in [1.54, 1.807) is 4.90 Å². The Bertz CT molecular complexity index is 320. The van der Waals surface area contributed by atoms with E-state index >= 15 is 0 Å². The fourth-order valence-corrected chi connectivity index (χ4v) is 2.18. The predicted octanol–water partition coefficient (Wildman–Crippen LogP) is 0.452. The highest BCUT2D eigenvalue weighted by atomic mass is 16.5. The van der Waals surface area contributed by atoms with Crippen molar-refractivity contribution in [2.45, 2.75) is 45.3 Å². The number of nitrogens with two attached hydrogens (primary N) is 1. The Morgan fingerprint density at radius 2 is 2.11 bits per heavy atom. The Labute approximate surface area is 113 Å². The number of hydrogen-bond donors (Lipinski definition) is 2. The van der Waals surface area contributed by atoms with Gasteiger partial charge in [0, 0.05) is 18.5 Å². The number of carbonyl (C=O) groups excluding carboxylic acids is 1. The number of hydrogen-bond acceptors (Lipinski definition) is 4. The van der Waals surface area contributed by atoms with Gasteiger partial charge in [0.15, 0.2) is 6.10 Å². The highest BCUT2D eigenvalue weighted by Gasteiger charge is 2.30. The molecule has 1 fully saturated rings. The molecule has 0 aromatic rings. The first kappa shape index (κ1) is 15.9. The molecular formula is C13H24N2O4. The summed E-state index contributed by atoms with van der Waals surface area (Å²) in [7, 11) is 0. The summed E-state index contributed by atoms with van der Waals surface area (Å²) in [6.07, 6.45) is 1.71. The third kappa shape index (κ3) is 5.16. The first-order valence-corrected chi connectivity index (χ1v) is 6.80. The van der Waals surface area contributed by atoms with E-state index in [0.717, 1.165) is 19.3 Å². The Hall–Kier alpha value is -1.14. The Morgan fingerprint density at radius 3 is 2.68 bits per heavy atom. The molecular weight excluding hydrogens is 248 g/mol. The molecule has 19 heavy (non-hydrogen) atoms. The van der Waals surface area contributed by atoms with Gasteiger partial charge in [0.1, 0.15) is 0 Å². The zero-order chi connectivity index (χ0) is 14.4. The average Bonchev–Trinajstić information content (AvgIpc) is 2.37. The lowest BCUT2D eigenvalue weighted by atomic mass is 10.0. The van der Waals surface area contributed by atoms with Crippen molar-refractivity contribution < 1.29 is 19.4 Å². The minimum Gasteiger partial charge on any atom is -0.479 e. The van der Waals surface area contributed by atoms with E-state index in [0.29, 0.717) is 6.54 Å². The molecule has 1 aliphatic heterocycles. The standard InChI is InChI=1S/C13H24N2O4/c1-9(4-3-5-10(2)14)12(16)15-6-7-19-11(8-15)13(17)18/h9-11H,3-8,14H2,1-2H3,(H,17,18). The molecule has 3 N–H and O–H groups in total. The summed E-state index contributed by atoms with van der Waals surface area (Å²) in [6, 6.07) is 0.155. The molecule has 1 rings (SSSR count). The molecule has 0 aromatic heterocycles. The fraction of sp³-hybridized carbons (Fsp3) is 0.846. The molecule has 0 bridgehead atoms. The van der Waals surface area contributed by atoms with Crippen LogP contribution in [0.5, 0.6) is 0 Å². The lowest BCUT2D eigenvalue weighted by Crippen LogP contribution is -2.50. The summed E-state index contributed by atoms with van der Waals surface area (Å²) >= 11 is 0. The van der Waals surface area contributed by atoms with Crippen LogP contribution in [0.15, 0.2) is 0 Å². The molecule has 1 aliphatic rings. The summed E-state index contributed by atoms with van der Waals surface area (Å²) in [5.41, 5.74) is 5.67. The normalized spacial score (nSPS) is 22.9. The molecule has 0 spiro atoms. The van der Waals surface area contributed by atoms with Crippen LogP contribution in [0.25, 0.3) is 0 Å². The van der Waals surface area contributed by atoms with Crippen molar-refractivity contribution in [1.82, 2.24) is 4.90 Å². The summed E-state index contributed by atoms with van der Waals surface area (Å²) in [5.74, 6) is -1.09. The second-order valence-corrected chi connectivity index (χ2v) is 5.29. The Balaban J connectivity index is 2.40. The van der Waals surface area contributed by atoms with Crippen LogP contribution < -0.4 is 5.73 Å². The van der Waals surface area contributed by atoms with Gasteiger partial charge in [0.25, 0.3) is 0 Å². The number of aliphatic carboxylic acids is 1. The number of rotatable bonds is 6. The molecule has 1 saturated heterocycles. The van der Waals surface area contributed by atoms with Crippen LogP contribution in [0, 0.1) is 5.92 Å². The topological polar surface area (TPSA) is 92.9 Å². The van der Waals surface area contributed by atoms with E-state index < -0.39 is 12.1 Å². The van der Waals surface area contributed by atoms with Crippen LogP contribution in [0.4, 0.5) is 0 Å². The van der Waals surface area contributed by atoms with E-state index in [9.17, 15) is 9.59 Å². The van der Waals surface area contributed by atoms with E-state index in [2.05, 4.69) is 0 Å². The third-order valence-corrected chi connectivity index (χ3v) is 3.37. The highest BCUT2D eigenvalue weighted by molar-refractivity contribution is 5.80. The molecule has 0 aliphatic carbocycles. The molecule has 3 atom stereocenters. The Kier molecular flexibility index (Phi) is 6.24. The van der Waals surface area contributed by atoms with Gasteiger partial charge in [0.05, 0.1) is 13.2 Å². The predicted molar refractivity (Wildman–Crippen MR) is 70.6 cm³/mol. The largest absolute Gasteiger partial charge is 0.479 e. The monoisotopic (exact) mass is 272 g/mol. The number of carbonyl (C=O) groups is 2. The van der Waals surface area contributed by atoms with Crippen LogP contribution in [-0.4, -0.2) is 53.7 Å². The van der Waals surface area contributed by atoms with Crippen molar-refractivity contribution in [3.63, 3.8) is 0 Å². The maximum atomic E-state index is 12.2. The summed E-state index contributed by atoms with van der Waals surface area (Å²) < 4.78 is 5.10.